The molecule has 0 aliphatic rings. The Morgan fingerprint density at radius 1 is 1.25 bits per heavy atom. The molecule has 0 fully saturated rings. The van der Waals surface area contributed by atoms with E-state index in [0.29, 0.717) is 6.54 Å². The van der Waals surface area contributed by atoms with Gasteiger partial charge in [0.05, 0.1) is 22.1 Å². The van der Waals surface area contributed by atoms with Crippen LogP contribution in [0.1, 0.15) is 17.0 Å². The number of hydrogen-bond acceptors (Lipinski definition) is 2. The maximum Gasteiger partial charge on any atom is 0.0848 e. The van der Waals surface area contributed by atoms with Crippen LogP contribution < -0.4 is 5.73 Å². The molecule has 0 radical (unpaired) electrons. The number of rotatable bonds is 2. The van der Waals surface area contributed by atoms with E-state index in [1.165, 1.54) is 0 Å². The number of aryl methyl sites for hydroxylation is 1. The quantitative estimate of drug-likeness (QED) is 0.870. The van der Waals surface area contributed by atoms with Crippen molar-refractivity contribution in [2.75, 3.05) is 0 Å². The van der Waals surface area contributed by atoms with Gasteiger partial charge in [0, 0.05) is 6.54 Å². The lowest BCUT2D eigenvalue weighted by Crippen LogP contribution is -2.00. The molecule has 0 aliphatic carbocycles. The minimum absolute atomic E-state index is 0.554. The molecule has 1 heterocycles. The average molecular weight is 236 g/mol. The van der Waals surface area contributed by atoms with Crippen molar-refractivity contribution >= 4 is 11.6 Å². The van der Waals surface area contributed by atoms with Crippen LogP contribution in [0.5, 0.6) is 0 Å². The minimum atomic E-state index is 0.554. The second-order valence-corrected chi connectivity index (χ2v) is 4.15. The summed E-state index contributed by atoms with van der Waals surface area (Å²) in [6.07, 6.45) is 0. The molecular weight excluding hydrogens is 222 g/mol. The molecule has 4 heteroatoms. The third kappa shape index (κ3) is 1.84. The fourth-order valence-electron chi connectivity index (χ4n) is 1.65. The largest absolute Gasteiger partial charge is 0.326 e. The van der Waals surface area contributed by atoms with E-state index < -0.39 is 0 Å². The molecule has 84 valence electrons. The fraction of sp³-hybridized carbons (Fsp3) is 0.250. The smallest absolute Gasteiger partial charge is 0.0848 e. The van der Waals surface area contributed by atoms with Crippen molar-refractivity contribution in [2.24, 2.45) is 5.73 Å². The molecule has 0 saturated heterocycles. The summed E-state index contributed by atoms with van der Waals surface area (Å²) < 4.78 is 1.85. The number of nitrogens with two attached hydrogens (primary N) is 1. The molecule has 2 rings (SSSR count). The maximum absolute atomic E-state index is 6.10. The number of nitrogens with zero attached hydrogens (tertiary/aromatic N) is 2. The Balaban J connectivity index is 2.46. The number of halogens is 1. The van der Waals surface area contributed by atoms with Crippen LogP contribution in [-0.4, -0.2) is 9.78 Å². The van der Waals surface area contributed by atoms with Crippen molar-refractivity contribution in [3.63, 3.8) is 0 Å². The van der Waals surface area contributed by atoms with Gasteiger partial charge in [-0.25, -0.2) is 4.68 Å². The van der Waals surface area contributed by atoms with Gasteiger partial charge in [0.1, 0.15) is 0 Å². The Kier molecular flexibility index (Phi) is 2.99. The van der Waals surface area contributed by atoms with Crippen LogP contribution in [0.25, 0.3) is 5.69 Å². The molecule has 0 unspecified atom stereocenters. The molecule has 0 saturated carbocycles. The first-order valence-corrected chi connectivity index (χ1v) is 5.52. The molecule has 2 N–H and O–H groups in total. The Morgan fingerprint density at radius 2 is 1.88 bits per heavy atom. The first-order chi connectivity index (χ1) is 7.63. The highest BCUT2D eigenvalue weighted by molar-refractivity contribution is 6.31. The van der Waals surface area contributed by atoms with Gasteiger partial charge >= 0.3 is 0 Å². The summed E-state index contributed by atoms with van der Waals surface area (Å²) in [6, 6.07) is 8.00. The Hall–Kier alpha value is -1.32. The predicted molar refractivity (Wildman–Crippen MR) is 65.9 cm³/mol. The lowest BCUT2D eigenvalue weighted by atomic mass is 10.2. The maximum atomic E-state index is 6.10. The highest BCUT2D eigenvalue weighted by atomic mass is 35.5. The lowest BCUT2D eigenvalue weighted by Gasteiger charge is -2.05. The van der Waals surface area contributed by atoms with Crippen LogP contribution in [0, 0.1) is 13.8 Å². The molecule has 0 bridgehead atoms. The van der Waals surface area contributed by atoms with E-state index in [-0.39, 0.29) is 0 Å². The van der Waals surface area contributed by atoms with E-state index in [0.717, 1.165) is 27.7 Å². The van der Waals surface area contributed by atoms with E-state index in [1.54, 1.807) is 0 Å². The summed E-state index contributed by atoms with van der Waals surface area (Å²) in [5.41, 5.74) is 9.47. The number of aromatic nitrogens is 2. The van der Waals surface area contributed by atoms with E-state index in [2.05, 4.69) is 5.10 Å². The molecule has 3 nitrogen and oxygen atoms in total. The van der Waals surface area contributed by atoms with Crippen LogP contribution in [0.4, 0.5) is 0 Å². The zero-order valence-electron chi connectivity index (χ0n) is 9.37. The highest BCUT2D eigenvalue weighted by Gasteiger charge is 2.10. The average Bonchev–Trinajstić information content (AvgIpc) is 2.57. The van der Waals surface area contributed by atoms with Gasteiger partial charge in [-0.05, 0) is 31.5 Å². The van der Waals surface area contributed by atoms with Gasteiger partial charge < -0.3 is 5.73 Å². The predicted octanol–water partition coefficient (Wildman–Crippen LogP) is 2.60. The topological polar surface area (TPSA) is 43.8 Å². The van der Waals surface area contributed by atoms with Gasteiger partial charge in [-0.2, -0.15) is 5.10 Å². The first-order valence-electron chi connectivity index (χ1n) is 5.14. The molecule has 0 aliphatic heterocycles. The fourth-order valence-corrected chi connectivity index (χ4v) is 1.77. The van der Waals surface area contributed by atoms with Crippen LogP contribution in [0.2, 0.25) is 5.02 Å². The van der Waals surface area contributed by atoms with Crippen molar-refractivity contribution in [1.82, 2.24) is 9.78 Å². The molecule has 2 aromatic rings. The standard InChI is InChI=1S/C12H14ClN3/c1-8-12(13)9(2)16(15-8)11-5-3-10(7-14)4-6-11/h3-6H,7,14H2,1-2H3. The number of hydrogen-bond donors (Lipinski definition) is 1. The van der Waals surface area contributed by atoms with Gasteiger partial charge in [0.2, 0.25) is 0 Å². The molecular formula is C12H14ClN3. The first kappa shape index (κ1) is 11.2. The minimum Gasteiger partial charge on any atom is -0.326 e. The Morgan fingerprint density at radius 3 is 2.31 bits per heavy atom. The highest BCUT2D eigenvalue weighted by Crippen LogP contribution is 2.22. The molecule has 0 spiro atoms. The summed E-state index contributed by atoms with van der Waals surface area (Å²) in [4.78, 5) is 0. The second kappa shape index (κ2) is 4.28. The summed E-state index contributed by atoms with van der Waals surface area (Å²) in [7, 11) is 0. The van der Waals surface area contributed by atoms with E-state index in [9.17, 15) is 0 Å². The van der Waals surface area contributed by atoms with Crippen molar-refractivity contribution in [1.29, 1.82) is 0 Å². The van der Waals surface area contributed by atoms with Gasteiger partial charge in [0.15, 0.2) is 0 Å². The summed E-state index contributed by atoms with van der Waals surface area (Å²) in [5, 5.41) is 5.11. The number of benzene rings is 1. The molecule has 0 amide bonds. The third-order valence-electron chi connectivity index (χ3n) is 2.62. The summed E-state index contributed by atoms with van der Waals surface area (Å²) >= 11 is 6.10. The van der Waals surface area contributed by atoms with Crippen LogP contribution >= 0.6 is 11.6 Å². The SMILES string of the molecule is Cc1nn(-c2ccc(CN)cc2)c(C)c1Cl. The monoisotopic (exact) mass is 235 g/mol. The van der Waals surface area contributed by atoms with E-state index >= 15 is 0 Å². The molecule has 0 atom stereocenters. The van der Waals surface area contributed by atoms with E-state index in [1.807, 2.05) is 42.8 Å². The van der Waals surface area contributed by atoms with E-state index in [4.69, 9.17) is 17.3 Å². The molecule has 16 heavy (non-hydrogen) atoms. The van der Waals surface area contributed by atoms with Crippen LogP contribution in [-0.2, 0) is 6.54 Å². The van der Waals surface area contributed by atoms with Crippen LogP contribution in [0.3, 0.4) is 0 Å². The molecule has 1 aromatic carbocycles. The van der Waals surface area contributed by atoms with Crippen molar-refractivity contribution < 1.29 is 0 Å². The zero-order chi connectivity index (χ0) is 11.7. The van der Waals surface area contributed by atoms with Crippen molar-refractivity contribution in [3.8, 4) is 5.69 Å². The third-order valence-corrected chi connectivity index (χ3v) is 3.17. The lowest BCUT2D eigenvalue weighted by molar-refractivity contribution is 0.832. The van der Waals surface area contributed by atoms with Gasteiger partial charge in [0.25, 0.3) is 0 Å². The van der Waals surface area contributed by atoms with Gasteiger partial charge in [-0.15, -0.1) is 0 Å². The zero-order valence-corrected chi connectivity index (χ0v) is 10.1. The Bertz CT molecular complexity index is 500. The summed E-state index contributed by atoms with van der Waals surface area (Å²) in [6.45, 7) is 4.41. The van der Waals surface area contributed by atoms with Crippen LogP contribution in [0.15, 0.2) is 24.3 Å². The van der Waals surface area contributed by atoms with Crippen molar-refractivity contribution in [2.45, 2.75) is 20.4 Å². The second-order valence-electron chi connectivity index (χ2n) is 3.77. The normalized spacial score (nSPS) is 10.8. The Labute approximate surface area is 99.8 Å². The van der Waals surface area contributed by atoms with Gasteiger partial charge in [-0.3, -0.25) is 0 Å². The molecule has 1 aromatic heterocycles. The van der Waals surface area contributed by atoms with Crippen molar-refractivity contribution in [3.05, 3.63) is 46.2 Å². The van der Waals surface area contributed by atoms with Gasteiger partial charge in [-0.1, -0.05) is 23.7 Å². The summed E-state index contributed by atoms with van der Waals surface area (Å²) in [5.74, 6) is 0.